The molecule has 26 heavy (non-hydrogen) atoms. The molecule has 0 aliphatic rings. The molecule has 2 aromatic carbocycles. The molecule has 0 bridgehead atoms. The van der Waals surface area contributed by atoms with Gasteiger partial charge in [0.05, 0.1) is 5.69 Å². The summed E-state index contributed by atoms with van der Waals surface area (Å²) in [6.07, 6.45) is 0. The number of H-pyrrole nitrogens is 1. The van der Waals surface area contributed by atoms with Gasteiger partial charge in [-0.15, -0.1) is 0 Å². The highest BCUT2D eigenvalue weighted by atomic mass is 16.4. The van der Waals surface area contributed by atoms with E-state index in [2.05, 4.69) is 25.8 Å². The van der Waals surface area contributed by atoms with E-state index in [4.69, 9.17) is 0 Å². The van der Waals surface area contributed by atoms with Gasteiger partial charge in [0, 0.05) is 11.8 Å². The number of aromatic carboxylic acids is 1. The van der Waals surface area contributed by atoms with E-state index in [9.17, 15) is 14.7 Å². The maximum Gasteiger partial charge on any atom is 0.356 e. The number of carboxylic acid groups (broad SMARTS) is 1. The van der Waals surface area contributed by atoms with Crippen LogP contribution in [0.5, 0.6) is 0 Å². The molecule has 0 saturated heterocycles. The fourth-order valence-electron chi connectivity index (χ4n) is 2.53. The number of carboxylic acids is 1. The van der Waals surface area contributed by atoms with E-state index in [-0.39, 0.29) is 11.4 Å². The van der Waals surface area contributed by atoms with Gasteiger partial charge in [0.1, 0.15) is 16.7 Å². The Labute approximate surface area is 146 Å². The van der Waals surface area contributed by atoms with Gasteiger partial charge < -0.3 is 10.4 Å². The van der Waals surface area contributed by atoms with Crippen molar-refractivity contribution in [3.8, 4) is 5.69 Å². The van der Waals surface area contributed by atoms with E-state index < -0.39 is 11.9 Å². The van der Waals surface area contributed by atoms with Crippen LogP contribution in [0.15, 0.2) is 54.6 Å². The van der Waals surface area contributed by atoms with Gasteiger partial charge in [-0.1, -0.05) is 18.2 Å². The van der Waals surface area contributed by atoms with Crippen molar-refractivity contribution in [3.05, 3.63) is 66.0 Å². The summed E-state index contributed by atoms with van der Waals surface area (Å²) in [4.78, 5) is 24.0. The minimum atomic E-state index is -1.21. The van der Waals surface area contributed by atoms with Gasteiger partial charge in [-0.25, -0.2) is 9.48 Å². The molecule has 0 aliphatic carbocycles. The Morgan fingerprint density at radius 3 is 2.54 bits per heavy atom. The predicted octanol–water partition coefficient (Wildman–Crippen LogP) is 2.09. The molecular weight excluding hydrogens is 336 g/mol. The maximum absolute atomic E-state index is 12.7. The number of para-hydroxylation sites is 1. The molecule has 0 spiro atoms. The van der Waals surface area contributed by atoms with Crippen molar-refractivity contribution < 1.29 is 14.7 Å². The molecule has 1 amide bonds. The van der Waals surface area contributed by atoms with Crippen molar-refractivity contribution in [2.75, 3.05) is 5.32 Å². The Kier molecular flexibility index (Phi) is 3.66. The molecule has 0 radical (unpaired) electrons. The number of aromatic amines is 1. The highest BCUT2D eigenvalue weighted by Gasteiger charge is 2.20. The standard InChI is InChI=1S/C17H12N6O3/c24-16(18-10-6-7-12-13(8-10)20-22-19-12)15-9-14(17(25)26)21-23(15)11-4-2-1-3-5-11/h1-9H,(H,18,24)(H,25,26)(H,19,20,22). The van der Waals surface area contributed by atoms with Crippen molar-refractivity contribution in [1.82, 2.24) is 25.2 Å². The first kappa shape index (κ1) is 15.5. The summed E-state index contributed by atoms with van der Waals surface area (Å²) in [5.74, 6) is -1.70. The number of nitrogens with zero attached hydrogens (tertiary/aromatic N) is 4. The predicted molar refractivity (Wildman–Crippen MR) is 92.4 cm³/mol. The number of aromatic nitrogens is 5. The first-order valence-corrected chi connectivity index (χ1v) is 7.62. The average Bonchev–Trinajstić information content (AvgIpc) is 3.29. The molecule has 0 atom stereocenters. The highest BCUT2D eigenvalue weighted by Crippen LogP contribution is 2.18. The number of carbonyl (C=O) groups excluding carboxylic acids is 1. The van der Waals surface area contributed by atoms with Crippen LogP contribution in [0.25, 0.3) is 16.7 Å². The summed E-state index contributed by atoms with van der Waals surface area (Å²) in [6, 6.07) is 15.1. The Morgan fingerprint density at radius 1 is 1.00 bits per heavy atom. The van der Waals surface area contributed by atoms with Crippen LogP contribution >= 0.6 is 0 Å². The molecule has 2 heterocycles. The van der Waals surface area contributed by atoms with Crippen LogP contribution in [0.4, 0.5) is 5.69 Å². The Morgan fingerprint density at radius 2 is 1.77 bits per heavy atom. The van der Waals surface area contributed by atoms with Gasteiger partial charge in [-0.2, -0.15) is 20.5 Å². The Bertz CT molecular complexity index is 1120. The highest BCUT2D eigenvalue weighted by molar-refractivity contribution is 6.05. The van der Waals surface area contributed by atoms with Crippen molar-refractivity contribution in [2.45, 2.75) is 0 Å². The van der Waals surface area contributed by atoms with Crippen molar-refractivity contribution >= 4 is 28.6 Å². The topological polar surface area (TPSA) is 126 Å². The summed E-state index contributed by atoms with van der Waals surface area (Å²) in [5.41, 5.74) is 2.25. The zero-order chi connectivity index (χ0) is 18.1. The van der Waals surface area contributed by atoms with Gasteiger partial charge in [-0.05, 0) is 30.3 Å². The second-order valence-electron chi connectivity index (χ2n) is 5.45. The third-order valence-corrected chi connectivity index (χ3v) is 3.74. The number of hydrogen-bond acceptors (Lipinski definition) is 5. The lowest BCUT2D eigenvalue weighted by Crippen LogP contribution is -2.16. The quantitative estimate of drug-likeness (QED) is 0.518. The lowest BCUT2D eigenvalue weighted by atomic mass is 10.2. The summed E-state index contributed by atoms with van der Waals surface area (Å²) in [6.45, 7) is 0. The number of benzene rings is 2. The minimum Gasteiger partial charge on any atom is -0.476 e. The number of amides is 1. The molecule has 0 aliphatic heterocycles. The van der Waals surface area contributed by atoms with Gasteiger partial charge in [-0.3, -0.25) is 4.79 Å². The summed E-state index contributed by atoms with van der Waals surface area (Å²) in [7, 11) is 0. The molecular formula is C17H12N6O3. The molecule has 0 unspecified atom stereocenters. The van der Waals surface area contributed by atoms with Crippen LogP contribution in [0.2, 0.25) is 0 Å². The summed E-state index contributed by atoms with van der Waals surface area (Å²) < 4.78 is 1.30. The van der Waals surface area contributed by atoms with Crippen LogP contribution in [-0.4, -0.2) is 42.2 Å². The second-order valence-corrected chi connectivity index (χ2v) is 5.45. The monoisotopic (exact) mass is 348 g/mol. The number of anilines is 1. The molecule has 0 fully saturated rings. The molecule has 4 rings (SSSR count). The first-order chi connectivity index (χ1) is 12.6. The number of hydrogen-bond donors (Lipinski definition) is 3. The zero-order valence-corrected chi connectivity index (χ0v) is 13.2. The fourth-order valence-corrected chi connectivity index (χ4v) is 2.53. The molecule has 2 aromatic heterocycles. The van der Waals surface area contributed by atoms with Crippen LogP contribution in [0, 0.1) is 0 Å². The smallest absolute Gasteiger partial charge is 0.356 e. The summed E-state index contributed by atoms with van der Waals surface area (Å²) in [5, 5.41) is 26.4. The molecule has 9 heteroatoms. The zero-order valence-electron chi connectivity index (χ0n) is 13.2. The van der Waals surface area contributed by atoms with Gasteiger partial charge >= 0.3 is 5.97 Å². The van der Waals surface area contributed by atoms with Gasteiger partial charge in [0.15, 0.2) is 5.69 Å². The number of fused-ring (bicyclic) bond motifs is 1. The second kappa shape index (κ2) is 6.13. The first-order valence-electron chi connectivity index (χ1n) is 7.62. The maximum atomic E-state index is 12.7. The van der Waals surface area contributed by atoms with Crippen LogP contribution in [0.3, 0.4) is 0 Å². The number of carbonyl (C=O) groups is 2. The molecule has 4 aromatic rings. The SMILES string of the molecule is O=C(O)c1cc(C(=O)Nc2ccc3n[nH]nc3c2)n(-c2ccccc2)n1. The van der Waals surface area contributed by atoms with E-state index in [1.165, 1.54) is 10.7 Å². The Hall–Kier alpha value is -4.01. The average molecular weight is 348 g/mol. The van der Waals surface area contributed by atoms with E-state index in [0.29, 0.717) is 22.4 Å². The normalized spacial score (nSPS) is 10.8. The fraction of sp³-hybridized carbons (Fsp3) is 0. The molecule has 3 N–H and O–H groups in total. The van der Waals surface area contributed by atoms with Crippen LogP contribution in [-0.2, 0) is 0 Å². The van der Waals surface area contributed by atoms with E-state index >= 15 is 0 Å². The molecule has 0 saturated carbocycles. The minimum absolute atomic E-state index is 0.105. The molecule has 128 valence electrons. The number of nitrogens with one attached hydrogen (secondary N) is 2. The van der Waals surface area contributed by atoms with Gasteiger partial charge in [0.25, 0.3) is 5.91 Å². The lowest BCUT2D eigenvalue weighted by Gasteiger charge is -2.08. The van der Waals surface area contributed by atoms with Crippen LogP contribution in [0.1, 0.15) is 21.0 Å². The van der Waals surface area contributed by atoms with Crippen LogP contribution < -0.4 is 5.32 Å². The van der Waals surface area contributed by atoms with E-state index in [1.54, 1.807) is 42.5 Å². The van der Waals surface area contributed by atoms with Gasteiger partial charge in [0.2, 0.25) is 0 Å². The van der Waals surface area contributed by atoms with E-state index in [1.807, 2.05) is 6.07 Å². The van der Waals surface area contributed by atoms with Crippen molar-refractivity contribution in [1.29, 1.82) is 0 Å². The summed E-state index contributed by atoms with van der Waals surface area (Å²) >= 11 is 0. The Balaban J connectivity index is 1.71. The van der Waals surface area contributed by atoms with Crippen molar-refractivity contribution in [3.63, 3.8) is 0 Å². The lowest BCUT2D eigenvalue weighted by molar-refractivity contribution is 0.0690. The third-order valence-electron chi connectivity index (χ3n) is 3.74. The molecule has 9 nitrogen and oxygen atoms in total. The van der Waals surface area contributed by atoms with E-state index in [0.717, 1.165) is 0 Å². The number of rotatable bonds is 4. The largest absolute Gasteiger partial charge is 0.476 e. The third kappa shape index (κ3) is 2.77. The van der Waals surface area contributed by atoms with Crippen molar-refractivity contribution in [2.24, 2.45) is 0 Å².